The molecule has 2 N–H and O–H groups in total. The smallest absolute Gasteiger partial charge is 0.115 e. The number of nitrogens with one attached hydrogen (secondary N) is 1. The van der Waals surface area contributed by atoms with Crippen LogP contribution in [0.5, 0.6) is 5.75 Å². The van der Waals surface area contributed by atoms with Gasteiger partial charge < -0.3 is 10.4 Å². The maximum Gasteiger partial charge on any atom is 0.115 e. The number of benzene rings is 1. The minimum Gasteiger partial charge on any atom is -0.508 e. The Kier molecular flexibility index (Phi) is 6.47. The van der Waals surface area contributed by atoms with Crippen molar-refractivity contribution in [3.05, 3.63) is 29.8 Å². The number of rotatable bonds is 3. The monoisotopic (exact) mass is 270 g/mol. The molecule has 1 heterocycles. The van der Waals surface area contributed by atoms with Crippen LogP contribution in [0.4, 0.5) is 0 Å². The number of aromatic hydroxyl groups is 1. The summed E-state index contributed by atoms with van der Waals surface area (Å²) >= 11 is 0. The number of phenols is 1. The Morgan fingerprint density at radius 1 is 1.33 bits per heavy atom. The van der Waals surface area contributed by atoms with Crippen LogP contribution < -0.4 is 5.32 Å². The first-order valence-electron chi connectivity index (χ1n) is 6.44. The SMILES string of the molecule is CN(Cc1cccc(O)c1)C1CCCNCC1.Cl. The summed E-state index contributed by atoms with van der Waals surface area (Å²) in [4.78, 5) is 2.40. The molecule has 0 spiro atoms. The fraction of sp³-hybridized carbons (Fsp3) is 0.571. The summed E-state index contributed by atoms with van der Waals surface area (Å²) in [7, 11) is 2.18. The second kappa shape index (κ2) is 7.62. The first kappa shape index (κ1) is 15.3. The van der Waals surface area contributed by atoms with E-state index in [2.05, 4.69) is 23.3 Å². The van der Waals surface area contributed by atoms with Crippen LogP contribution in [0.25, 0.3) is 0 Å². The van der Waals surface area contributed by atoms with Gasteiger partial charge in [0.05, 0.1) is 0 Å². The second-order valence-electron chi connectivity index (χ2n) is 4.92. The van der Waals surface area contributed by atoms with Gasteiger partial charge in [0, 0.05) is 12.6 Å². The lowest BCUT2D eigenvalue weighted by molar-refractivity contribution is 0.216. The van der Waals surface area contributed by atoms with E-state index in [0.717, 1.165) is 19.6 Å². The molecule has 3 nitrogen and oxygen atoms in total. The fourth-order valence-electron chi connectivity index (χ4n) is 2.51. The lowest BCUT2D eigenvalue weighted by atomic mass is 10.1. The van der Waals surface area contributed by atoms with E-state index >= 15 is 0 Å². The molecule has 18 heavy (non-hydrogen) atoms. The normalized spacial score (nSPS) is 20.2. The summed E-state index contributed by atoms with van der Waals surface area (Å²) in [6.45, 7) is 3.19. The lowest BCUT2D eigenvalue weighted by Crippen LogP contribution is -2.31. The van der Waals surface area contributed by atoms with Gasteiger partial charge in [0.2, 0.25) is 0 Å². The summed E-state index contributed by atoms with van der Waals surface area (Å²) in [5.74, 6) is 0.360. The van der Waals surface area contributed by atoms with E-state index in [1.165, 1.54) is 24.8 Å². The summed E-state index contributed by atoms with van der Waals surface area (Å²) in [6.07, 6.45) is 3.74. The van der Waals surface area contributed by atoms with Gasteiger partial charge in [-0.3, -0.25) is 4.90 Å². The van der Waals surface area contributed by atoms with Crippen LogP contribution >= 0.6 is 12.4 Å². The molecule has 0 bridgehead atoms. The van der Waals surface area contributed by atoms with Crippen LogP contribution in [-0.2, 0) is 6.54 Å². The van der Waals surface area contributed by atoms with Crippen LogP contribution in [0.15, 0.2) is 24.3 Å². The summed E-state index contributed by atoms with van der Waals surface area (Å²) < 4.78 is 0. The average Bonchev–Trinajstić information content (AvgIpc) is 2.57. The van der Waals surface area contributed by atoms with Gasteiger partial charge in [0.25, 0.3) is 0 Å². The van der Waals surface area contributed by atoms with Crippen molar-refractivity contribution >= 4 is 12.4 Å². The standard InChI is InChI=1S/C14H22N2O.ClH/c1-16(13-5-3-8-15-9-7-13)11-12-4-2-6-14(17)10-12;/h2,4,6,10,13,15,17H,3,5,7-9,11H2,1H3;1H. The molecule has 1 fully saturated rings. The van der Waals surface area contributed by atoms with Gasteiger partial charge >= 0.3 is 0 Å². The highest BCUT2D eigenvalue weighted by molar-refractivity contribution is 5.85. The molecule has 102 valence electrons. The third-order valence-electron chi connectivity index (χ3n) is 3.51. The van der Waals surface area contributed by atoms with Crippen molar-refractivity contribution in [3.8, 4) is 5.75 Å². The van der Waals surface area contributed by atoms with Crippen molar-refractivity contribution in [1.82, 2.24) is 10.2 Å². The van der Waals surface area contributed by atoms with Crippen molar-refractivity contribution in [2.75, 3.05) is 20.1 Å². The van der Waals surface area contributed by atoms with Crippen LogP contribution in [-0.4, -0.2) is 36.2 Å². The molecule has 0 amide bonds. The Balaban J connectivity index is 0.00000162. The number of phenolic OH excluding ortho intramolecular Hbond substituents is 1. The van der Waals surface area contributed by atoms with Crippen molar-refractivity contribution in [1.29, 1.82) is 0 Å². The summed E-state index contributed by atoms with van der Waals surface area (Å²) in [5, 5.41) is 12.9. The van der Waals surface area contributed by atoms with Crippen molar-refractivity contribution in [2.45, 2.75) is 31.8 Å². The van der Waals surface area contributed by atoms with Gasteiger partial charge in [0.15, 0.2) is 0 Å². The summed E-state index contributed by atoms with van der Waals surface area (Å²) in [6, 6.07) is 8.22. The maximum atomic E-state index is 9.45. The molecule has 1 aliphatic heterocycles. The fourth-order valence-corrected chi connectivity index (χ4v) is 2.51. The molecule has 1 aliphatic rings. The molecule has 0 radical (unpaired) electrons. The Labute approximate surface area is 116 Å². The van der Waals surface area contributed by atoms with E-state index in [4.69, 9.17) is 0 Å². The zero-order valence-corrected chi connectivity index (χ0v) is 11.7. The van der Waals surface area contributed by atoms with E-state index < -0.39 is 0 Å². The number of nitrogens with zero attached hydrogens (tertiary/aromatic N) is 1. The lowest BCUT2D eigenvalue weighted by Gasteiger charge is -2.26. The molecule has 1 saturated heterocycles. The zero-order chi connectivity index (χ0) is 12.1. The molecule has 0 aromatic heterocycles. The Hall–Kier alpha value is -0.770. The van der Waals surface area contributed by atoms with E-state index in [0.29, 0.717) is 11.8 Å². The quantitative estimate of drug-likeness (QED) is 0.885. The Morgan fingerprint density at radius 2 is 2.17 bits per heavy atom. The Bertz CT molecular complexity index is 351. The highest BCUT2D eigenvalue weighted by atomic mass is 35.5. The maximum absolute atomic E-state index is 9.45. The Morgan fingerprint density at radius 3 is 2.94 bits per heavy atom. The van der Waals surface area contributed by atoms with Crippen LogP contribution in [0, 0.1) is 0 Å². The zero-order valence-electron chi connectivity index (χ0n) is 10.9. The van der Waals surface area contributed by atoms with Gasteiger partial charge in [0.1, 0.15) is 5.75 Å². The number of hydrogen-bond acceptors (Lipinski definition) is 3. The highest BCUT2D eigenvalue weighted by Crippen LogP contribution is 2.17. The first-order valence-corrected chi connectivity index (χ1v) is 6.44. The molecule has 4 heteroatoms. The number of hydrogen-bond donors (Lipinski definition) is 2. The molecular weight excluding hydrogens is 248 g/mol. The first-order chi connectivity index (χ1) is 8.25. The van der Waals surface area contributed by atoms with Crippen molar-refractivity contribution in [2.24, 2.45) is 0 Å². The second-order valence-corrected chi connectivity index (χ2v) is 4.92. The highest BCUT2D eigenvalue weighted by Gasteiger charge is 2.16. The molecule has 1 atom stereocenters. The van der Waals surface area contributed by atoms with Crippen LogP contribution in [0.3, 0.4) is 0 Å². The molecule has 1 aromatic rings. The molecule has 1 aromatic carbocycles. The van der Waals surface area contributed by atoms with Gasteiger partial charge in [-0.1, -0.05) is 12.1 Å². The van der Waals surface area contributed by atoms with E-state index in [1.807, 2.05) is 12.1 Å². The average molecular weight is 271 g/mol. The van der Waals surface area contributed by atoms with Crippen molar-refractivity contribution in [3.63, 3.8) is 0 Å². The molecular formula is C14H23ClN2O. The van der Waals surface area contributed by atoms with Gasteiger partial charge in [-0.25, -0.2) is 0 Å². The van der Waals surface area contributed by atoms with Crippen LogP contribution in [0.2, 0.25) is 0 Å². The van der Waals surface area contributed by atoms with Crippen molar-refractivity contribution < 1.29 is 5.11 Å². The number of halogens is 1. The van der Waals surface area contributed by atoms with E-state index in [1.54, 1.807) is 6.07 Å². The van der Waals surface area contributed by atoms with Gasteiger partial charge in [-0.05, 0) is 57.1 Å². The molecule has 2 rings (SSSR count). The largest absolute Gasteiger partial charge is 0.508 e. The minimum atomic E-state index is 0. The van der Waals surface area contributed by atoms with E-state index in [-0.39, 0.29) is 12.4 Å². The third-order valence-corrected chi connectivity index (χ3v) is 3.51. The predicted molar refractivity (Wildman–Crippen MR) is 77.3 cm³/mol. The van der Waals surface area contributed by atoms with Gasteiger partial charge in [-0.2, -0.15) is 0 Å². The minimum absolute atomic E-state index is 0. The predicted octanol–water partition coefficient (Wildman–Crippen LogP) is 2.39. The summed E-state index contributed by atoms with van der Waals surface area (Å²) in [5.41, 5.74) is 1.18. The topological polar surface area (TPSA) is 35.5 Å². The molecule has 0 aliphatic carbocycles. The van der Waals surface area contributed by atoms with Gasteiger partial charge in [-0.15, -0.1) is 12.4 Å². The van der Waals surface area contributed by atoms with E-state index in [9.17, 15) is 5.11 Å². The third kappa shape index (κ3) is 4.48. The van der Waals surface area contributed by atoms with Crippen LogP contribution in [0.1, 0.15) is 24.8 Å². The molecule has 1 unspecified atom stereocenters. The molecule has 0 saturated carbocycles.